The zero-order chi connectivity index (χ0) is 17.8. The molecule has 0 spiro atoms. The molecule has 1 unspecified atom stereocenters. The molecule has 25 heavy (non-hydrogen) atoms. The molecule has 6 nitrogen and oxygen atoms in total. The summed E-state index contributed by atoms with van der Waals surface area (Å²) >= 11 is 0. The SMILES string of the molecule is CC(C(=O)Nc1ccncc1)n1nc(-c2ccc(F)cc2)ccc1=O. The minimum atomic E-state index is -0.818. The summed E-state index contributed by atoms with van der Waals surface area (Å²) in [6.07, 6.45) is 3.11. The van der Waals surface area contributed by atoms with Gasteiger partial charge in [0.05, 0.1) is 5.69 Å². The molecule has 2 aromatic heterocycles. The van der Waals surface area contributed by atoms with Crippen molar-refractivity contribution < 1.29 is 9.18 Å². The summed E-state index contributed by atoms with van der Waals surface area (Å²) in [5.41, 5.74) is 1.30. The molecule has 0 aliphatic carbocycles. The number of nitrogens with zero attached hydrogens (tertiary/aromatic N) is 3. The maximum absolute atomic E-state index is 13.1. The summed E-state index contributed by atoms with van der Waals surface area (Å²) < 4.78 is 14.2. The van der Waals surface area contributed by atoms with E-state index in [2.05, 4.69) is 15.4 Å². The summed E-state index contributed by atoms with van der Waals surface area (Å²) in [6, 6.07) is 11.1. The Balaban J connectivity index is 1.88. The van der Waals surface area contributed by atoms with Gasteiger partial charge in [0, 0.05) is 29.7 Å². The number of hydrogen-bond donors (Lipinski definition) is 1. The molecule has 0 radical (unpaired) electrons. The number of aromatic nitrogens is 3. The second-order valence-corrected chi connectivity index (χ2v) is 5.41. The van der Waals surface area contributed by atoms with Crippen molar-refractivity contribution in [1.82, 2.24) is 14.8 Å². The Morgan fingerprint density at radius 1 is 1.08 bits per heavy atom. The van der Waals surface area contributed by atoms with Crippen LogP contribution >= 0.6 is 0 Å². The lowest BCUT2D eigenvalue weighted by Gasteiger charge is -2.15. The Kier molecular flexibility index (Phi) is 4.65. The van der Waals surface area contributed by atoms with E-state index in [1.165, 1.54) is 18.2 Å². The van der Waals surface area contributed by atoms with Crippen LogP contribution in [0.2, 0.25) is 0 Å². The monoisotopic (exact) mass is 338 g/mol. The Bertz CT molecular complexity index is 939. The number of carbonyl (C=O) groups excluding carboxylic acids is 1. The van der Waals surface area contributed by atoms with Crippen molar-refractivity contribution in [3.8, 4) is 11.3 Å². The van der Waals surface area contributed by atoms with E-state index in [9.17, 15) is 14.0 Å². The predicted molar refractivity (Wildman–Crippen MR) is 91.5 cm³/mol. The number of benzene rings is 1. The van der Waals surface area contributed by atoms with Crippen LogP contribution < -0.4 is 10.9 Å². The third-order valence-corrected chi connectivity index (χ3v) is 3.66. The van der Waals surface area contributed by atoms with Gasteiger partial charge in [-0.3, -0.25) is 14.6 Å². The molecule has 1 atom stereocenters. The van der Waals surface area contributed by atoms with Gasteiger partial charge in [0.1, 0.15) is 11.9 Å². The standard InChI is InChI=1S/C18H15FN4O2/c1-12(18(25)21-15-8-10-20-11-9-15)23-17(24)7-6-16(22-23)13-2-4-14(19)5-3-13/h2-12H,1H3,(H,20,21,25). The predicted octanol–water partition coefficient (Wildman–Crippen LogP) is 2.64. The van der Waals surface area contributed by atoms with Crippen LogP contribution in [-0.2, 0) is 4.79 Å². The van der Waals surface area contributed by atoms with Crippen molar-refractivity contribution in [2.75, 3.05) is 5.32 Å². The highest BCUT2D eigenvalue weighted by atomic mass is 19.1. The molecule has 1 aromatic carbocycles. The molecule has 0 saturated carbocycles. The topological polar surface area (TPSA) is 76.9 Å². The van der Waals surface area contributed by atoms with E-state index in [1.807, 2.05) is 0 Å². The average Bonchev–Trinajstić information content (AvgIpc) is 2.63. The van der Waals surface area contributed by atoms with Crippen molar-refractivity contribution in [2.24, 2.45) is 0 Å². The summed E-state index contributed by atoms with van der Waals surface area (Å²) in [4.78, 5) is 28.4. The lowest BCUT2D eigenvalue weighted by molar-refractivity contribution is -0.119. The van der Waals surface area contributed by atoms with E-state index in [0.29, 0.717) is 16.9 Å². The van der Waals surface area contributed by atoms with E-state index in [4.69, 9.17) is 0 Å². The van der Waals surface area contributed by atoms with E-state index in [0.717, 1.165) is 4.68 Å². The number of hydrogen-bond acceptors (Lipinski definition) is 4. The lowest BCUT2D eigenvalue weighted by Crippen LogP contribution is -2.33. The summed E-state index contributed by atoms with van der Waals surface area (Å²) in [5.74, 6) is -0.737. The minimum Gasteiger partial charge on any atom is -0.324 e. The lowest BCUT2D eigenvalue weighted by atomic mass is 10.1. The molecule has 2 heterocycles. The van der Waals surface area contributed by atoms with Gasteiger partial charge in [0.2, 0.25) is 5.91 Å². The second-order valence-electron chi connectivity index (χ2n) is 5.41. The van der Waals surface area contributed by atoms with Gasteiger partial charge in [-0.25, -0.2) is 9.07 Å². The molecule has 0 aliphatic heterocycles. The fourth-order valence-corrected chi connectivity index (χ4v) is 2.27. The van der Waals surface area contributed by atoms with Gasteiger partial charge in [-0.2, -0.15) is 5.10 Å². The second kappa shape index (κ2) is 7.04. The molecule has 0 fully saturated rings. The van der Waals surface area contributed by atoms with Gasteiger partial charge in [0.15, 0.2) is 0 Å². The molecular weight excluding hydrogens is 323 g/mol. The highest BCUT2D eigenvalue weighted by molar-refractivity contribution is 5.93. The number of rotatable bonds is 4. The van der Waals surface area contributed by atoms with Gasteiger partial charge in [0.25, 0.3) is 5.56 Å². The summed E-state index contributed by atoms with van der Waals surface area (Å²) in [7, 11) is 0. The van der Waals surface area contributed by atoms with Crippen molar-refractivity contribution in [2.45, 2.75) is 13.0 Å². The largest absolute Gasteiger partial charge is 0.324 e. The van der Waals surface area contributed by atoms with Crippen LogP contribution in [0, 0.1) is 5.82 Å². The molecule has 1 N–H and O–H groups in total. The first-order chi connectivity index (χ1) is 12.0. The Morgan fingerprint density at radius 2 is 1.76 bits per heavy atom. The van der Waals surface area contributed by atoms with Crippen LogP contribution in [-0.4, -0.2) is 20.7 Å². The average molecular weight is 338 g/mol. The summed E-state index contributed by atoms with van der Waals surface area (Å²) in [5, 5.41) is 6.95. The van der Waals surface area contributed by atoms with Gasteiger partial charge >= 0.3 is 0 Å². The van der Waals surface area contributed by atoms with Crippen molar-refractivity contribution in [1.29, 1.82) is 0 Å². The molecule has 0 bridgehead atoms. The van der Waals surface area contributed by atoms with Gasteiger partial charge in [-0.1, -0.05) is 0 Å². The zero-order valence-corrected chi connectivity index (χ0v) is 13.4. The molecule has 1 amide bonds. The first kappa shape index (κ1) is 16.5. The fourth-order valence-electron chi connectivity index (χ4n) is 2.27. The molecule has 0 saturated heterocycles. The van der Waals surface area contributed by atoms with Crippen LogP contribution in [0.3, 0.4) is 0 Å². The van der Waals surface area contributed by atoms with Crippen molar-refractivity contribution in [3.05, 3.63) is 77.1 Å². The minimum absolute atomic E-state index is 0.359. The third-order valence-electron chi connectivity index (χ3n) is 3.66. The number of carbonyl (C=O) groups is 1. The van der Waals surface area contributed by atoms with Gasteiger partial charge in [-0.15, -0.1) is 0 Å². The Hall–Kier alpha value is -3.35. The molecule has 3 rings (SSSR count). The normalized spacial score (nSPS) is 11.8. The first-order valence-electron chi connectivity index (χ1n) is 7.61. The molecule has 126 valence electrons. The highest BCUT2D eigenvalue weighted by Gasteiger charge is 2.18. The molecule has 7 heteroatoms. The van der Waals surface area contributed by atoms with Crippen LogP contribution in [0.15, 0.2) is 65.7 Å². The highest BCUT2D eigenvalue weighted by Crippen LogP contribution is 2.17. The Morgan fingerprint density at radius 3 is 2.44 bits per heavy atom. The smallest absolute Gasteiger partial charge is 0.267 e. The quantitative estimate of drug-likeness (QED) is 0.793. The number of nitrogens with one attached hydrogen (secondary N) is 1. The maximum atomic E-state index is 13.1. The van der Waals surface area contributed by atoms with E-state index in [-0.39, 0.29) is 11.7 Å². The fraction of sp³-hybridized carbons (Fsp3) is 0.111. The first-order valence-corrected chi connectivity index (χ1v) is 7.61. The van der Waals surface area contributed by atoms with E-state index in [1.54, 1.807) is 49.6 Å². The zero-order valence-electron chi connectivity index (χ0n) is 13.4. The van der Waals surface area contributed by atoms with Crippen LogP contribution in [0.1, 0.15) is 13.0 Å². The van der Waals surface area contributed by atoms with Crippen molar-refractivity contribution in [3.63, 3.8) is 0 Å². The summed E-state index contributed by atoms with van der Waals surface area (Å²) in [6.45, 7) is 1.58. The van der Waals surface area contributed by atoms with E-state index < -0.39 is 11.6 Å². The molecule has 0 aliphatic rings. The van der Waals surface area contributed by atoms with Gasteiger partial charge in [-0.05, 0) is 49.4 Å². The van der Waals surface area contributed by atoms with Crippen LogP contribution in [0.4, 0.5) is 10.1 Å². The van der Waals surface area contributed by atoms with Crippen molar-refractivity contribution >= 4 is 11.6 Å². The van der Waals surface area contributed by atoms with Crippen LogP contribution in [0.25, 0.3) is 11.3 Å². The van der Waals surface area contributed by atoms with Crippen LogP contribution in [0.5, 0.6) is 0 Å². The number of halogens is 1. The Labute approximate surface area is 143 Å². The third kappa shape index (κ3) is 3.77. The number of anilines is 1. The number of pyridine rings is 1. The molecule has 3 aromatic rings. The van der Waals surface area contributed by atoms with E-state index >= 15 is 0 Å². The van der Waals surface area contributed by atoms with Gasteiger partial charge < -0.3 is 5.32 Å². The molecular formula is C18H15FN4O2. The number of amides is 1. The maximum Gasteiger partial charge on any atom is 0.267 e.